The molecule has 0 aliphatic heterocycles. The predicted octanol–water partition coefficient (Wildman–Crippen LogP) is 3.90. The van der Waals surface area contributed by atoms with E-state index in [4.69, 9.17) is 0 Å². The molecule has 0 nitrogen and oxygen atoms in total. The van der Waals surface area contributed by atoms with E-state index in [9.17, 15) is 0 Å². The molecule has 12 heavy (non-hydrogen) atoms. The number of rotatable bonds is 2. The molecule has 0 saturated carbocycles. The molecule has 0 spiro atoms. The van der Waals surface area contributed by atoms with Gasteiger partial charge in [0, 0.05) is 3.57 Å². The summed E-state index contributed by atoms with van der Waals surface area (Å²) in [6.07, 6.45) is 2.08. The van der Waals surface area contributed by atoms with Gasteiger partial charge in [0.25, 0.3) is 0 Å². The third-order valence-corrected chi connectivity index (χ3v) is 2.10. The van der Waals surface area contributed by atoms with Crippen LogP contribution < -0.4 is 0 Å². The molecule has 3 heteroatoms. The van der Waals surface area contributed by atoms with Crippen molar-refractivity contribution in [1.29, 1.82) is 0 Å². The Kier molecular flexibility index (Phi) is 9.40. The first kappa shape index (κ1) is 13.1. The zero-order valence-electron chi connectivity index (χ0n) is 6.89. The molecule has 0 saturated heterocycles. The molecule has 1 rings (SSSR count). The van der Waals surface area contributed by atoms with E-state index in [0.717, 1.165) is 12.8 Å². The molecular weight excluding hydrogens is 380 g/mol. The summed E-state index contributed by atoms with van der Waals surface area (Å²) in [5.41, 5.74) is 1.38. The van der Waals surface area contributed by atoms with Crippen LogP contribution in [0.1, 0.15) is 12.0 Å². The molecule has 0 radical (unpaired) electrons. The van der Waals surface area contributed by atoms with Crippen LogP contribution in [0.25, 0.3) is 0 Å². The summed E-state index contributed by atoms with van der Waals surface area (Å²) in [6, 6.07) is 8.58. The SMILES string of the molecule is [CH2-]CCc1ccc(I)cc1.[Zn+][Br]. The van der Waals surface area contributed by atoms with Crippen LogP contribution in [0.4, 0.5) is 0 Å². The van der Waals surface area contributed by atoms with Crippen molar-refractivity contribution in [3.8, 4) is 0 Å². The van der Waals surface area contributed by atoms with Gasteiger partial charge in [0.05, 0.1) is 0 Å². The van der Waals surface area contributed by atoms with E-state index in [-0.39, 0.29) is 0 Å². The molecule has 1 aromatic carbocycles. The molecular formula is C9H10BrIZn. The summed E-state index contributed by atoms with van der Waals surface area (Å²) < 4.78 is 1.30. The van der Waals surface area contributed by atoms with E-state index in [1.807, 2.05) is 0 Å². The van der Waals surface area contributed by atoms with Gasteiger partial charge >= 0.3 is 30.0 Å². The van der Waals surface area contributed by atoms with Crippen LogP contribution in [0.15, 0.2) is 24.3 Å². The first-order valence-electron chi connectivity index (χ1n) is 3.63. The molecule has 1 aromatic rings. The van der Waals surface area contributed by atoms with E-state index < -0.39 is 0 Å². The maximum atomic E-state index is 3.80. The minimum absolute atomic E-state index is 0.987. The Labute approximate surface area is 105 Å². The fraction of sp³-hybridized carbons (Fsp3) is 0.222. The normalized spacial score (nSPS) is 8.75. The zero-order chi connectivity index (χ0) is 9.40. The van der Waals surface area contributed by atoms with Gasteiger partial charge in [0.15, 0.2) is 0 Å². The Hall–Kier alpha value is 1.05. The number of hydrogen-bond donors (Lipinski definition) is 0. The van der Waals surface area contributed by atoms with Crippen molar-refractivity contribution in [2.75, 3.05) is 0 Å². The van der Waals surface area contributed by atoms with Gasteiger partial charge in [-0.15, -0.1) is 0 Å². The molecule has 0 atom stereocenters. The second kappa shape index (κ2) is 8.64. The van der Waals surface area contributed by atoms with Crippen LogP contribution >= 0.6 is 36.2 Å². The molecule has 0 aliphatic carbocycles. The summed E-state index contributed by atoms with van der Waals surface area (Å²) in [5, 5.41) is 0. The van der Waals surface area contributed by atoms with Crippen LogP contribution in [0, 0.1) is 10.5 Å². The van der Waals surface area contributed by atoms with E-state index >= 15 is 0 Å². The summed E-state index contributed by atoms with van der Waals surface area (Å²) in [5.74, 6) is 0. The van der Waals surface area contributed by atoms with Gasteiger partial charge in [0.2, 0.25) is 0 Å². The number of halogens is 2. The van der Waals surface area contributed by atoms with Crippen molar-refractivity contribution in [3.05, 3.63) is 40.3 Å². The molecule has 0 unspecified atom stereocenters. The predicted molar refractivity (Wildman–Crippen MR) is 61.8 cm³/mol. The fourth-order valence-corrected chi connectivity index (χ4v) is 1.21. The number of aryl methyl sites for hydroxylation is 1. The van der Waals surface area contributed by atoms with Gasteiger partial charge in [-0.25, -0.2) is 0 Å². The van der Waals surface area contributed by atoms with Crippen molar-refractivity contribution in [1.82, 2.24) is 0 Å². The molecule has 0 bridgehead atoms. The molecule has 0 heterocycles. The Morgan fingerprint density at radius 1 is 1.25 bits per heavy atom. The van der Waals surface area contributed by atoms with Gasteiger partial charge in [0.1, 0.15) is 0 Å². The summed E-state index contributed by atoms with van der Waals surface area (Å²) in [7, 11) is 0. The number of hydrogen-bond acceptors (Lipinski definition) is 0. The van der Waals surface area contributed by atoms with Crippen molar-refractivity contribution in [3.63, 3.8) is 0 Å². The molecule has 0 aromatic heterocycles. The van der Waals surface area contributed by atoms with Gasteiger partial charge in [-0.1, -0.05) is 24.1 Å². The topological polar surface area (TPSA) is 0 Å². The molecule has 0 fully saturated rings. The first-order chi connectivity index (χ1) is 5.83. The van der Waals surface area contributed by atoms with E-state index in [0.29, 0.717) is 0 Å². The molecule has 62 valence electrons. The monoisotopic (exact) mass is 388 g/mol. The standard InChI is InChI=1S/C9H10I.BrH.Zn/c1-2-3-8-4-6-9(10)7-5-8;;/h4-7H,1-3H2;1H;/q-1;;+2/p-1. The van der Waals surface area contributed by atoms with Crippen LogP contribution in [-0.4, -0.2) is 0 Å². The van der Waals surface area contributed by atoms with E-state index in [1.165, 1.54) is 25.5 Å². The minimum atomic E-state index is 0.987. The Morgan fingerprint density at radius 3 is 2.17 bits per heavy atom. The van der Waals surface area contributed by atoms with Crippen LogP contribution in [0.2, 0.25) is 0 Å². The van der Waals surface area contributed by atoms with Crippen molar-refractivity contribution >= 4 is 36.2 Å². The van der Waals surface area contributed by atoms with Crippen LogP contribution in [-0.2, 0) is 22.8 Å². The Morgan fingerprint density at radius 2 is 1.75 bits per heavy atom. The summed E-state index contributed by atoms with van der Waals surface area (Å²) in [6.45, 7) is 3.80. The quantitative estimate of drug-likeness (QED) is 0.408. The molecule has 0 N–H and O–H groups in total. The van der Waals surface area contributed by atoms with Crippen molar-refractivity contribution < 1.29 is 16.3 Å². The van der Waals surface area contributed by atoms with Crippen molar-refractivity contribution in [2.24, 2.45) is 0 Å². The summed E-state index contributed by atoms with van der Waals surface area (Å²) in [4.78, 5) is 0. The second-order valence-electron chi connectivity index (χ2n) is 2.23. The average molecular weight is 390 g/mol. The molecule has 0 aliphatic rings. The van der Waals surface area contributed by atoms with Crippen LogP contribution in [0.5, 0.6) is 0 Å². The van der Waals surface area contributed by atoms with Gasteiger partial charge in [-0.05, 0) is 34.7 Å². The van der Waals surface area contributed by atoms with Gasteiger partial charge < -0.3 is 6.92 Å². The van der Waals surface area contributed by atoms with Crippen LogP contribution in [0.3, 0.4) is 0 Å². The van der Waals surface area contributed by atoms with E-state index in [1.54, 1.807) is 0 Å². The van der Waals surface area contributed by atoms with Gasteiger partial charge in [-0.2, -0.15) is 6.42 Å². The van der Waals surface area contributed by atoms with Crippen molar-refractivity contribution in [2.45, 2.75) is 12.8 Å². The fourth-order valence-electron chi connectivity index (χ4n) is 0.855. The van der Waals surface area contributed by atoms with Gasteiger partial charge in [-0.3, -0.25) is 0 Å². The average Bonchev–Trinajstić information content (AvgIpc) is 2.13. The van der Waals surface area contributed by atoms with E-state index in [2.05, 4.69) is 67.4 Å². The molecule has 0 amide bonds. The zero-order valence-corrected chi connectivity index (χ0v) is 13.6. The third kappa shape index (κ3) is 5.66. The first-order valence-corrected chi connectivity index (χ1v) is 11.7. The number of benzene rings is 1. The second-order valence-corrected chi connectivity index (χ2v) is 3.48. The maximum absolute atomic E-state index is 3.80. The third-order valence-electron chi connectivity index (χ3n) is 1.38. The Balaban J connectivity index is 0.000000561. The summed E-state index contributed by atoms with van der Waals surface area (Å²) >= 11 is 6.56. The Bertz CT molecular complexity index is 198.